The van der Waals surface area contributed by atoms with Gasteiger partial charge >= 0.3 is 5.51 Å². The molecular weight excluding hydrogens is 489 g/mol. The number of rotatable bonds is 6. The molecule has 1 heterocycles. The van der Waals surface area contributed by atoms with E-state index >= 15 is 0 Å². The molecule has 36 heavy (non-hydrogen) atoms. The Hall–Kier alpha value is -4.24. The lowest BCUT2D eigenvalue weighted by atomic mass is 9.97. The van der Waals surface area contributed by atoms with E-state index in [1.165, 1.54) is 24.3 Å². The first-order chi connectivity index (χ1) is 17.2. The number of sulfone groups is 1. The van der Waals surface area contributed by atoms with Gasteiger partial charge in [-0.05, 0) is 41.0 Å². The van der Waals surface area contributed by atoms with Crippen molar-refractivity contribution in [1.29, 1.82) is 0 Å². The highest BCUT2D eigenvalue weighted by Crippen LogP contribution is 2.32. The average molecular weight is 509 g/mol. The second-order valence-electron chi connectivity index (χ2n) is 7.67. The van der Waals surface area contributed by atoms with Gasteiger partial charge in [0.15, 0.2) is 0 Å². The van der Waals surface area contributed by atoms with Crippen LogP contribution in [-0.2, 0) is 14.6 Å². The van der Waals surface area contributed by atoms with Gasteiger partial charge in [0.25, 0.3) is 9.84 Å². The van der Waals surface area contributed by atoms with Gasteiger partial charge in [-0.15, -0.1) is 0 Å². The summed E-state index contributed by atoms with van der Waals surface area (Å²) in [7, 11) is -5.45. The molecule has 1 N–H and O–H groups in total. The predicted octanol–water partition coefficient (Wildman–Crippen LogP) is 6.15. The van der Waals surface area contributed by atoms with E-state index in [0.29, 0.717) is 16.8 Å². The molecule has 0 unspecified atom stereocenters. The number of alkyl halides is 3. The van der Waals surface area contributed by atoms with Crippen molar-refractivity contribution in [2.75, 3.05) is 5.32 Å². The molecule has 0 bridgehead atoms. The fourth-order valence-corrected chi connectivity index (χ4v) is 4.32. The number of amides is 1. The number of carbonyl (C=O) groups is 1. The topological polar surface area (TPSA) is 76.1 Å². The van der Waals surface area contributed by atoms with Crippen LogP contribution in [0.2, 0.25) is 0 Å². The van der Waals surface area contributed by atoms with Crippen LogP contribution in [0.25, 0.3) is 16.3 Å². The SMILES string of the molecule is O=C(/C=C/C=C(\c1ccccc1)c1ccc(S(=O)(=O)C(F)(F)F)cc1)Nc1cccc2cnccc12. The number of fused-ring (bicyclic) bond motifs is 1. The molecule has 0 radical (unpaired) electrons. The number of nitrogens with zero attached hydrogens (tertiary/aromatic N) is 1. The van der Waals surface area contributed by atoms with Crippen molar-refractivity contribution in [3.8, 4) is 0 Å². The molecule has 0 atom stereocenters. The number of halogens is 3. The second kappa shape index (κ2) is 10.2. The number of aromatic nitrogens is 1. The summed E-state index contributed by atoms with van der Waals surface area (Å²) in [6, 6.07) is 20.7. The van der Waals surface area contributed by atoms with Gasteiger partial charge in [0, 0.05) is 34.9 Å². The maximum Gasteiger partial charge on any atom is 0.501 e. The highest BCUT2D eigenvalue weighted by molar-refractivity contribution is 7.92. The van der Waals surface area contributed by atoms with Crippen molar-refractivity contribution in [3.63, 3.8) is 0 Å². The molecule has 182 valence electrons. The molecule has 0 aliphatic heterocycles. The minimum atomic E-state index is -5.45. The Kier molecular flexibility index (Phi) is 7.03. The molecular formula is C27H19F3N2O3S. The lowest BCUT2D eigenvalue weighted by Gasteiger charge is -2.11. The Morgan fingerprint density at radius 3 is 2.25 bits per heavy atom. The van der Waals surface area contributed by atoms with Crippen molar-refractivity contribution in [2.45, 2.75) is 10.4 Å². The Morgan fingerprint density at radius 1 is 0.861 bits per heavy atom. The maximum atomic E-state index is 12.9. The third-order valence-electron chi connectivity index (χ3n) is 5.31. The van der Waals surface area contributed by atoms with Gasteiger partial charge in [-0.2, -0.15) is 13.2 Å². The van der Waals surface area contributed by atoms with Gasteiger partial charge in [0.1, 0.15) is 0 Å². The van der Waals surface area contributed by atoms with Crippen molar-refractivity contribution < 1.29 is 26.4 Å². The normalized spacial score (nSPS) is 12.7. The standard InChI is InChI=1S/C27H19F3N2O3S/c28-27(29,30)36(34,35)22-14-12-20(13-15-22)23(19-6-2-1-3-7-19)9-5-11-26(33)32-25-10-4-8-21-18-31-17-16-24(21)25/h1-18H,(H,32,33)/b11-5+,23-9+. The second-order valence-corrected chi connectivity index (χ2v) is 9.61. The first kappa shape index (κ1) is 24.9. The number of benzene rings is 3. The molecule has 0 saturated heterocycles. The van der Waals surface area contributed by atoms with Gasteiger partial charge in [-0.25, -0.2) is 8.42 Å². The molecule has 0 saturated carbocycles. The van der Waals surface area contributed by atoms with Crippen LogP contribution >= 0.6 is 0 Å². The molecule has 3 aromatic carbocycles. The average Bonchev–Trinajstić information content (AvgIpc) is 2.87. The molecule has 9 heteroatoms. The number of nitrogens with one attached hydrogen (secondary N) is 1. The molecule has 1 aromatic heterocycles. The number of hydrogen-bond acceptors (Lipinski definition) is 4. The van der Waals surface area contributed by atoms with E-state index < -0.39 is 20.2 Å². The summed E-state index contributed by atoms with van der Waals surface area (Å²) < 4.78 is 62.0. The first-order valence-electron chi connectivity index (χ1n) is 10.7. The van der Waals surface area contributed by atoms with Crippen molar-refractivity contribution in [2.24, 2.45) is 0 Å². The van der Waals surface area contributed by atoms with Crippen LogP contribution in [0.15, 0.2) is 114 Å². The molecule has 4 rings (SSSR count). The summed E-state index contributed by atoms with van der Waals surface area (Å²) in [5, 5.41) is 4.53. The van der Waals surface area contributed by atoms with Crippen LogP contribution in [0, 0.1) is 0 Å². The summed E-state index contributed by atoms with van der Waals surface area (Å²) in [5.74, 6) is -0.380. The quantitative estimate of drug-likeness (QED) is 0.250. The van der Waals surface area contributed by atoms with E-state index in [2.05, 4.69) is 10.3 Å². The number of hydrogen-bond donors (Lipinski definition) is 1. The molecule has 0 aliphatic carbocycles. The van der Waals surface area contributed by atoms with Crippen LogP contribution in [-0.4, -0.2) is 24.8 Å². The lowest BCUT2D eigenvalue weighted by molar-refractivity contribution is -0.111. The molecule has 0 aliphatic rings. The zero-order chi connectivity index (χ0) is 25.8. The Bertz CT molecular complexity index is 1560. The molecule has 0 spiro atoms. The Morgan fingerprint density at radius 2 is 1.56 bits per heavy atom. The number of allylic oxidation sites excluding steroid dienone is 2. The maximum absolute atomic E-state index is 12.9. The summed E-state index contributed by atoms with van der Waals surface area (Å²) in [6.07, 6.45) is 7.81. The van der Waals surface area contributed by atoms with Gasteiger partial charge < -0.3 is 5.32 Å². The minimum absolute atomic E-state index is 0.380. The monoisotopic (exact) mass is 508 g/mol. The van der Waals surface area contributed by atoms with Gasteiger partial charge in [-0.1, -0.05) is 66.7 Å². The van der Waals surface area contributed by atoms with Crippen LogP contribution in [0.3, 0.4) is 0 Å². The molecule has 0 fully saturated rings. The zero-order valence-electron chi connectivity index (χ0n) is 18.6. The predicted molar refractivity (Wildman–Crippen MR) is 133 cm³/mol. The third-order valence-corrected chi connectivity index (χ3v) is 6.82. The molecule has 5 nitrogen and oxygen atoms in total. The lowest BCUT2D eigenvalue weighted by Crippen LogP contribution is -2.23. The van der Waals surface area contributed by atoms with Crippen LogP contribution in [0.1, 0.15) is 11.1 Å². The number of pyridine rings is 1. The largest absolute Gasteiger partial charge is 0.501 e. The smallest absolute Gasteiger partial charge is 0.322 e. The van der Waals surface area contributed by atoms with Crippen molar-refractivity contribution >= 4 is 37.8 Å². The third kappa shape index (κ3) is 5.36. The summed E-state index contributed by atoms with van der Waals surface area (Å²) >= 11 is 0. The fourth-order valence-electron chi connectivity index (χ4n) is 3.56. The number of carbonyl (C=O) groups excluding carboxylic acids is 1. The minimum Gasteiger partial charge on any atom is -0.322 e. The molecule has 4 aromatic rings. The van der Waals surface area contributed by atoms with E-state index in [0.717, 1.165) is 28.5 Å². The van der Waals surface area contributed by atoms with Gasteiger partial charge in [0.2, 0.25) is 5.91 Å². The van der Waals surface area contributed by atoms with Crippen molar-refractivity contribution in [3.05, 3.63) is 121 Å². The summed E-state index contributed by atoms with van der Waals surface area (Å²) in [5.41, 5.74) is -2.96. The van der Waals surface area contributed by atoms with Crippen LogP contribution in [0.4, 0.5) is 18.9 Å². The Labute approximate surface area is 205 Å². The highest BCUT2D eigenvalue weighted by atomic mass is 32.2. The van der Waals surface area contributed by atoms with Crippen LogP contribution < -0.4 is 5.32 Å². The fraction of sp³-hybridized carbons (Fsp3) is 0.0370. The van der Waals surface area contributed by atoms with E-state index in [-0.39, 0.29) is 5.91 Å². The van der Waals surface area contributed by atoms with Crippen LogP contribution in [0.5, 0.6) is 0 Å². The van der Waals surface area contributed by atoms with Gasteiger partial charge in [-0.3, -0.25) is 9.78 Å². The highest BCUT2D eigenvalue weighted by Gasteiger charge is 2.46. The van der Waals surface area contributed by atoms with Gasteiger partial charge in [0.05, 0.1) is 4.90 Å². The Balaban J connectivity index is 1.61. The first-order valence-corrected chi connectivity index (χ1v) is 12.1. The van der Waals surface area contributed by atoms with E-state index in [1.54, 1.807) is 60.9 Å². The van der Waals surface area contributed by atoms with Crippen molar-refractivity contribution in [1.82, 2.24) is 4.98 Å². The van der Waals surface area contributed by atoms with E-state index in [9.17, 15) is 26.4 Å². The van der Waals surface area contributed by atoms with E-state index in [4.69, 9.17) is 0 Å². The summed E-state index contributed by atoms with van der Waals surface area (Å²) in [6.45, 7) is 0. The summed E-state index contributed by atoms with van der Waals surface area (Å²) in [4.78, 5) is 15.8. The van der Waals surface area contributed by atoms with E-state index in [1.807, 2.05) is 12.1 Å². The number of anilines is 1. The zero-order valence-corrected chi connectivity index (χ0v) is 19.4. The molecule has 1 amide bonds.